The summed E-state index contributed by atoms with van der Waals surface area (Å²) in [7, 11) is -0.400. The molecular formula is C56H76BBrF6N10O10Si2. The van der Waals surface area contributed by atoms with Gasteiger partial charge in [0.05, 0.1) is 36.3 Å². The Morgan fingerprint density at radius 1 is 0.581 bits per heavy atom. The standard InChI is InChI=1S/C25H32F3N5O4Si.C17H26BNO5.C14H18BrF3N4OSi/c1-24(2,23(34)35-3)15-37-20-10-8-18(14-30-20)17-7-9-19(29-13-17)21-31-22(25(26,27)28)32-33(21)16-36-11-12-38(4,5)6;1-15(2,14(20)21-7)11-22-13-9-8-12(10-19-13)18-23-16(3,4)17(5,6)24-18;1-24(2,3)7-6-23-9-22-12(11-5-4-10(15)8-19-11)20-13(21-22)14(16,17)18/h7-10,13-14H,11-12,15-16H2,1-6H3;8-10H,11H2,1-7H3;4-5,8H,6-7,9H2,1-3H3. The molecule has 30 heteroatoms. The Bertz CT molecular complexity index is 3140. The van der Waals surface area contributed by atoms with Gasteiger partial charge in [0.15, 0.2) is 11.6 Å². The summed E-state index contributed by atoms with van der Waals surface area (Å²) in [5.41, 5.74) is 0.412. The van der Waals surface area contributed by atoms with Crippen molar-refractivity contribution in [1.29, 1.82) is 0 Å². The van der Waals surface area contributed by atoms with E-state index in [4.69, 9.17) is 37.7 Å². The maximum Gasteiger partial charge on any atom is 0.496 e. The Morgan fingerprint density at radius 3 is 1.31 bits per heavy atom. The number of carbonyl (C=O) groups excluding carboxylic acids is 2. The first-order chi connectivity index (χ1) is 39.7. The van der Waals surface area contributed by atoms with Gasteiger partial charge in [-0.25, -0.2) is 29.3 Å². The van der Waals surface area contributed by atoms with Gasteiger partial charge in [0, 0.05) is 81.3 Å². The molecule has 0 unspecified atom stereocenters. The molecule has 7 heterocycles. The van der Waals surface area contributed by atoms with Crippen LogP contribution in [0.5, 0.6) is 11.8 Å². The van der Waals surface area contributed by atoms with E-state index in [1.165, 1.54) is 26.6 Å². The number of esters is 2. The van der Waals surface area contributed by atoms with E-state index in [0.717, 1.165) is 37.0 Å². The van der Waals surface area contributed by atoms with E-state index in [9.17, 15) is 35.9 Å². The molecule has 0 saturated carbocycles. The van der Waals surface area contributed by atoms with Gasteiger partial charge in [0.25, 0.3) is 11.6 Å². The first-order valence-corrected chi connectivity index (χ1v) is 35.4. The van der Waals surface area contributed by atoms with Crippen LogP contribution >= 0.6 is 15.9 Å². The average molecular weight is 1310 g/mol. The lowest BCUT2D eigenvalue weighted by molar-refractivity contribution is -0.153. The van der Waals surface area contributed by atoms with Crippen molar-refractivity contribution in [2.24, 2.45) is 10.8 Å². The molecule has 1 aliphatic heterocycles. The fraction of sp³-hybridized carbons (Fsp3) is 0.536. The minimum absolute atomic E-state index is 0.0304. The van der Waals surface area contributed by atoms with Crippen LogP contribution < -0.4 is 14.9 Å². The van der Waals surface area contributed by atoms with E-state index >= 15 is 0 Å². The minimum atomic E-state index is -4.69. The summed E-state index contributed by atoms with van der Waals surface area (Å²) in [4.78, 5) is 47.7. The first-order valence-electron chi connectivity index (χ1n) is 27.2. The van der Waals surface area contributed by atoms with Crippen LogP contribution in [0.15, 0.2) is 77.8 Å². The van der Waals surface area contributed by atoms with Gasteiger partial charge in [-0.05, 0) is 114 Å². The van der Waals surface area contributed by atoms with E-state index in [1.54, 1.807) is 82.6 Å². The van der Waals surface area contributed by atoms with Crippen LogP contribution in [0.25, 0.3) is 34.2 Å². The number of alkyl halides is 6. The van der Waals surface area contributed by atoms with Crippen LogP contribution in [-0.4, -0.2) is 137 Å². The van der Waals surface area contributed by atoms with Gasteiger partial charge in [-0.3, -0.25) is 19.6 Å². The number of methoxy groups -OCH3 is 2. The van der Waals surface area contributed by atoms with Crippen molar-refractivity contribution in [2.45, 2.75) is 144 Å². The number of halogens is 7. The average Bonchev–Trinajstić information content (AvgIpc) is 1.90. The summed E-state index contributed by atoms with van der Waals surface area (Å²) in [6, 6.07) is 15.3. The molecule has 470 valence electrons. The molecule has 1 fully saturated rings. The normalized spacial score (nSPS) is 14.4. The van der Waals surface area contributed by atoms with Crippen LogP contribution in [-0.2, 0) is 63.7 Å². The molecular weight excluding hydrogens is 1230 g/mol. The van der Waals surface area contributed by atoms with Crippen molar-refractivity contribution in [3.63, 3.8) is 0 Å². The molecule has 0 amide bonds. The van der Waals surface area contributed by atoms with Crippen LogP contribution in [0.3, 0.4) is 0 Å². The van der Waals surface area contributed by atoms with Gasteiger partial charge in [0.2, 0.25) is 11.8 Å². The minimum Gasteiger partial charge on any atom is -0.476 e. The van der Waals surface area contributed by atoms with E-state index < -0.39 is 75.3 Å². The van der Waals surface area contributed by atoms with E-state index in [-0.39, 0.29) is 50.0 Å². The number of rotatable bonds is 22. The summed E-state index contributed by atoms with van der Waals surface area (Å²) < 4.78 is 125. The van der Waals surface area contributed by atoms with E-state index in [0.29, 0.717) is 36.2 Å². The second-order valence-electron chi connectivity index (χ2n) is 24.7. The highest BCUT2D eigenvalue weighted by atomic mass is 79.9. The van der Waals surface area contributed by atoms with Crippen LogP contribution in [0, 0.1) is 10.8 Å². The zero-order valence-electron chi connectivity index (χ0n) is 51.4. The second-order valence-corrected chi connectivity index (χ2v) is 36.9. The highest BCUT2D eigenvalue weighted by Gasteiger charge is 2.52. The van der Waals surface area contributed by atoms with Crippen LogP contribution in [0.1, 0.15) is 67.0 Å². The molecule has 6 aromatic heterocycles. The number of carbonyl (C=O) groups is 2. The van der Waals surface area contributed by atoms with Gasteiger partial charge in [-0.2, -0.15) is 26.3 Å². The Labute approximate surface area is 508 Å². The molecule has 0 aromatic carbocycles. The van der Waals surface area contributed by atoms with Gasteiger partial charge >= 0.3 is 31.4 Å². The molecule has 0 spiro atoms. The predicted octanol–water partition coefficient (Wildman–Crippen LogP) is 11.7. The second kappa shape index (κ2) is 28.8. The number of pyridine rings is 4. The molecule has 0 bridgehead atoms. The SMILES string of the molecule is COC(=O)C(C)(C)COc1ccc(-c2ccc(-c3nc(C(F)(F)F)nn3COCC[Si](C)(C)C)nc2)cn1.COC(=O)C(C)(C)COc1ccc(B2OC(C)(C)C(C)(C)O2)cn1.C[Si](C)(C)CCOCn1nc(C(F)(F)F)nc1-c1ccc(Br)cn1. The molecule has 0 atom stereocenters. The highest BCUT2D eigenvalue weighted by molar-refractivity contribution is 9.10. The fourth-order valence-electron chi connectivity index (χ4n) is 7.16. The third-order valence-electron chi connectivity index (χ3n) is 13.2. The molecule has 0 radical (unpaired) electrons. The summed E-state index contributed by atoms with van der Waals surface area (Å²) in [6.07, 6.45) is -3.05. The molecule has 86 heavy (non-hydrogen) atoms. The van der Waals surface area contributed by atoms with Crippen molar-refractivity contribution < 1.29 is 73.7 Å². The maximum atomic E-state index is 13.3. The fourth-order valence-corrected chi connectivity index (χ4v) is 8.91. The Kier molecular flexibility index (Phi) is 23.6. The summed E-state index contributed by atoms with van der Waals surface area (Å²) in [6.45, 7) is 29.0. The molecule has 0 aliphatic carbocycles. The maximum absolute atomic E-state index is 13.3. The quantitative estimate of drug-likeness (QED) is 0.0267. The lowest BCUT2D eigenvalue weighted by Gasteiger charge is -2.32. The van der Waals surface area contributed by atoms with Crippen molar-refractivity contribution >= 4 is 56.6 Å². The van der Waals surface area contributed by atoms with Crippen molar-refractivity contribution in [2.75, 3.05) is 40.6 Å². The highest BCUT2D eigenvalue weighted by Crippen LogP contribution is 2.37. The Morgan fingerprint density at radius 2 is 0.977 bits per heavy atom. The zero-order valence-corrected chi connectivity index (χ0v) is 54.9. The van der Waals surface area contributed by atoms with Gasteiger partial charge in [-0.1, -0.05) is 51.4 Å². The molecule has 1 aliphatic rings. The number of hydrogen-bond acceptors (Lipinski definition) is 18. The van der Waals surface area contributed by atoms with Crippen LogP contribution in [0.2, 0.25) is 51.4 Å². The molecule has 0 N–H and O–H groups in total. The van der Waals surface area contributed by atoms with Gasteiger partial charge in [0.1, 0.15) is 38.1 Å². The zero-order chi connectivity index (χ0) is 64.3. The number of ether oxygens (including phenoxy) is 6. The third kappa shape index (κ3) is 20.7. The summed E-state index contributed by atoms with van der Waals surface area (Å²) >= 11 is 3.24. The van der Waals surface area contributed by atoms with Crippen molar-refractivity contribution in [3.05, 3.63) is 89.4 Å². The lowest BCUT2D eigenvalue weighted by Crippen LogP contribution is -2.41. The van der Waals surface area contributed by atoms with E-state index in [2.05, 4.69) is 95.3 Å². The van der Waals surface area contributed by atoms with Gasteiger partial charge < -0.3 is 37.7 Å². The van der Waals surface area contributed by atoms with Crippen LogP contribution in [0.4, 0.5) is 26.3 Å². The van der Waals surface area contributed by atoms with Gasteiger partial charge in [-0.15, -0.1) is 10.2 Å². The molecule has 20 nitrogen and oxygen atoms in total. The Balaban J connectivity index is 0.000000246. The lowest BCUT2D eigenvalue weighted by atomic mass is 9.80. The summed E-state index contributed by atoms with van der Waals surface area (Å²) in [5, 5.41) is 7.14. The topological polar surface area (TPSA) is 221 Å². The summed E-state index contributed by atoms with van der Waals surface area (Å²) in [5.74, 6) is -2.40. The molecule has 1 saturated heterocycles. The number of nitrogens with zero attached hydrogens (tertiary/aromatic N) is 10. The predicted molar refractivity (Wildman–Crippen MR) is 318 cm³/mol. The Hall–Kier alpha value is -6.18. The molecule has 6 aromatic rings. The third-order valence-corrected chi connectivity index (χ3v) is 17.1. The van der Waals surface area contributed by atoms with Crippen molar-refractivity contribution in [1.82, 2.24) is 49.5 Å². The monoisotopic (exact) mass is 1310 g/mol. The number of aromatic nitrogens is 10. The number of hydrogen-bond donors (Lipinski definition) is 0. The largest absolute Gasteiger partial charge is 0.496 e. The smallest absolute Gasteiger partial charge is 0.476 e. The first kappa shape index (κ1) is 70.6. The molecule has 7 rings (SSSR count). The van der Waals surface area contributed by atoms with Crippen molar-refractivity contribution in [3.8, 4) is 45.9 Å². The van der Waals surface area contributed by atoms with E-state index in [1.807, 2.05) is 33.8 Å².